The molecule has 5 nitrogen and oxygen atoms in total. The van der Waals surface area contributed by atoms with E-state index in [-0.39, 0.29) is 5.56 Å². The minimum atomic E-state index is -4.85. The van der Waals surface area contributed by atoms with E-state index in [1.165, 1.54) is 6.07 Å². The average molecular weight is 341 g/mol. The topological polar surface area (TPSA) is 88.8 Å². The van der Waals surface area contributed by atoms with Gasteiger partial charge in [0, 0.05) is 17.3 Å². The summed E-state index contributed by atoms with van der Waals surface area (Å²) in [7, 11) is -4.48. The summed E-state index contributed by atoms with van der Waals surface area (Å²) in [5.41, 5.74) is -0.205. The molecule has 3 N–H and O–H groups in total. The maximum atomic E-state index is 13.1. The van der Waals surface area contributed by atoms with Gasteiger partial charge >= 0.3 is 6.18 Å². The van der Waals surface area contributed by atoms with E-state index in [1.807, 2.05) is 0 Å². The van der Waals surface area contributed by atoms with Crippen LogP contribution in [0.25, 0.3) is 22.3 Å². The zero-order valence-corrected chi connectivity index (χ0v) is 12.2. The standard InChI is InChI=1S/C14H10F3N3O2S/c15-14(16,17)10-6-8(3-4-12(10)23(18,21)22)11-7-9-2-1-5-19-13(9)20-11/h1-7H,(H,19,20)(H2,18,21,22). The SMILES string of the molecule is NS(=O)(=O)c1ccc(-c2cc3cccnc3[nH]2)cc1C(F)(F)F. The average Bonchev–Trinajstić information content (AvgIpc) is 2.88. The van der Waals surface area contributed by atoms with Crippen molar-refractivity contribution in [2.24, 2.45) is 5.14 Å². The van der Waals surface area contributed by atoms with Gasteiger partial charge in [0.2, 0.25) is 10.0 Å². The van der Waals surface area contributed by atoms with Crippen LogP contribution in [-0.2, 0) is 16.2 Å². The van der Waals surface area contributed by atoms with Crippen LogP contribution in [0.5, 0.6) is 0 Å². The first kappa shape index (κ1) is 15.5. The molecule has 23 heavy (non-hydrogen) atoms. The van der Waals surface area contributed by atoms with Gasteiger partial charge in [0.15, 0.2) is 0 Å². The summed E-state index contributed by atoms with van der Waals surface area (Å²) in [6.07, 6.45) is -3.30. The van der Waals surface area contributed by atoms with Crippen LogP contribution in [0.1, 0.15) is 5.56 Å². The molecule has 2 aromatic heterocycles. The van der Waals surface area contributed by atoms with Gasteiger partial charge in [0.1, 0.15) is 5.65 Å². The Labute approximate surface area is 129 Å². The maximum absolute atomic E-state index is 13.1. The van der Waals surface area contributed by atoms with Gasteiger partial charge in [-0.15, -0.1) is 0 Å². The predicted octanol–water partition coefficient (Wildman–Crippen LogP) is 2.90. The Balaban J connectivity index is 2.21. The van der Waals surface area contributed by atoms with Crippen molar-refractivity contribution in [3.05, 3.63) is 48.2 Å². The lowest BCUT2D eigenvalue weighted by molar-refractivity contribution is -0.139. The molecule has 0 amide bonds. The van der Waals surface area contributed by atoms with Crippen LogP contribution in [-0.4, -0.2) is 18.4 Å². The van der Waals surface area contributed by atoms with Gasteiger partial charge < -0.3 is 4.98 Å². The maximum Gasteiger partial charge on any atom is 0.417 e. The number of aromatic amines is 1. The third-order valence-corrected chi connectivity index (χ3v) is 4.26. The van der Waals surface area contributed by atoms with Crippen molar-refractivity contribution in [3.8, 4) is 11.3 Å². The summed E-state index contributed by atoms with van der Waals surface area (Å²) >= 11 is 0. The number of pyridine rings is 1. The van der Waals surface area contributed by atoms with E-state index in [9.17, 15) is 21.6 Å². The van der Waals surface area contributed by atoms with Crippen molar-refractivity contribution in [1.82, 2.24) is 9.97 Å². The lowest BCUT2D eigenvalue weighted by atomic mass is 10.1. The van der Waals surface area contributed by atoms with Crippen molar-refractivity contribution >= 4 is 21.1 Å². The predicted molar refractivity (Wildman–Crippen MR) is 77.9 cm³/mol. The summed E-state index contributed by atoms with van der Waals surface area (Å²) in [6, 6.07) is 7.96. The van der Waals surface area contributed by atoms with E-state index in [0.29, 0.717) is 11.3 Å². The quantitative estimate of drug-likeness (QED) is 0.751. The van der Waals surface area contributed by atoms with Crippen molar-refractivity contribution in [2.45, 2.75) is 11.1 Å². The third-order valence-electron chi connectivity index (χ3n) is 3.29. The zero-order valence-electron chi connectivity index (χ0n) is 11.4. The summed E-state index contributed by atoms with van der Waals surface area (Å²) in [6.45, 7) is 0. The molecule has 0 aliphatic heterocycles. The molecule has 3 rings (SSSR count). The van der Waals surface area contributed by atoms with Gasteiger partial charge in [-0.3, -0.25) is 0 Å². The zero-order chi connectivity index (χ0) is 16.8. The number of hydrogen-bond acceptors (Lipinski definition) is 3. The number of aromatic nitrogens is 2. The normalized spacial score (nSPS) is 12.7. The molecule has 0 atom stereocenters. The van der Waals surface area contributed by atoms with E-state index in [1.54, 1.807) is 24.4 Å². The second kappa shape index (κ2) is 5.07. The largest absolute Gasteiger partial charge is 0.417 e. The number of sulfonamides is 1. The van der Waals surface area contributed by atoms with Gasteiger partial charge in [0.25, 0.3) is 0 Å². The van der Waals surface area contributed by atoms with Gasteiger partial charge in [0.05, 0.1) is 10.5 Å². The van der Waals surface area contributed by atoms with Gasteiger partial charge in [-0.05, 0) is 35.9 Å². The molecule has 0 aliphatic rings. The van der Waals surface area contributed by atoms with Gasteiger partial charge in [-0.2, -0.15) is 13.2 Å². The van der Waals surface area contributed by atoms with Crippen LogP contribution in [0.3, 0.4) is 0 Å². The van der Waals surface area contributed by atoms with Crippen molar-refractivity contribution in [1.29, 1.82) is 0 Å². The highest BCUT2D eigenvalue weighted by atomic mass is 32.2. The Kier molecular flexibility index (Phi) is 3.42. The van der Waals surface area contributed by atoms with Crippen LogP contribution in [0.2, 0.25) is 0 Å². The van der Waals surface area contributed by atoms with Crippen molar-refractivity contribution < 1.29 is 21.6 Å². The van der Waals surface area contributed by atoms with E-state index in [2.05, 4.69) is 9.97 Å². The second-order valence-electron chi connectivity index (χ2n) is 4.88. The summed E-state index contributed by atoms with van der Waals surface area (Å²) in [4.78, 5) is 6.00. The van der Waals surface area contributed by atoms with E-state index >= 15 is 0 Å². The molecule has 0 unspecified atom stereocenters. The molecule has 120 valence electrons. The fourth-order valence-corrected chi connectivity index (χ4v) is 3.02. The van der Waals surface area contributed by atoms with Crippen molar-refractivity contribution in [2.75, 3.05) is 0 Å². The Morgan fingerprint density at radius 3 is 2.48 bits per heavy atom. The highest BCUT2D eigenvalue weighted by Gasteiger charge is 2.36. The molecule has 3 aromatic rings. The lowest BCUT2D eigenvalue weighted by Gasteiger charge is -2.12. The monoisotopic (exact) mass is 341 g/mol. The Hall–Kier alpha value is -2.39. The van der Waals surface area contributed by atoms with Crippen LogP contribution in [0.4, 0.5) is 13.2 Å². The number of nitrogens with one attached hydrogen (secondary N) is 1. The van der Waals surface area contributed by atoms with E-state index < -0.39 is 26.7 Å². The van der Waals surface area contributed by atoms with Crippen LogP contribution >= 0.6 is 0 Å². The molecular formula is C14H10F3N3O2S. The highest BCUT2D eigenvalue weighted by Crippen LogP contribution is 2.36. The molecular weight excluding hydrogens is 331 g/mol. The Bertz CT molecular complexity index is 961. The summed E-state index contributed by atoms with van der Waals surface area (Å²) in [5.74, 6) is 0. The van der Waals surface area contributed by atoms with Crippen LogP contribution < -0.4 is 5.14 Å². The number of halogens is 3. The number of fused-ring (bicyclic) bond motifs is 1. The molecule has 2 heterocycles. The molecule has 0 aliphatic carbocycles. The van der Waals surface area contributed by atoms with Crippen molar-refractivity contribution in [3.63, 3.8) is 0 Å². The lowest BCUT2D eigenvalue weighted by Crippen LogP contribution is -2.19. The first-order chi connectivity index (χ1) is 10.7. The number of benzene rings is 1. The van der Waals surface area contributed by atoms with Crippen LogP contribution in [0, 0.1) is 0 Å². The molecule has 0 bridgehead atoms. The first-order valence-electron chi connectivity index (χ1n) is 6.34. The number of nitrogens with two attached hydrogens (primary N) is 1. The van der Waals surface area contributed by atoms with Gasteiger partial charge in [-0.1, -0.05) is 6.07 Å². The minimum Gasteiger partial charge on any atom is -0.339 e. The number of hydrogen-bond donors (Lipinski definition) is 2. The van der Waals surface area contributed by atoms with Crippen LogP contribution in [0.15, 0.2) is 47.5 Å². The van der Waals surface area contributed by atoms with E-state index in [0.717, 1.165) is 17.5 Å². The third kappa shape index (κ3) is 2.92. The number of H-pyrrole nitrogens is 1. The number of alkyl halides is 3. The summed E-state index contributed by atoms with van der Waals surface area (Å²) < 4.78 is 62.1. The molecule has 0 fully saturated rings. The molecule has 0 saturated heterocycles. The Morgan fingerprint density at radius 2 is 1.87 bits per heavy atom. The van der Waals surface area contributed by atoms with E-state index in [4.69, 9.17) is 5.14 Å². The smallest absolute Gasteiger partial charge is 0.339 e. The number of primary sulfonamides is 1. The highest BCUT2D eigenvalue weighted by molar-refractivity contribution is 7.89. The first-order valence-corrected chi connectivity index (χ1v) is 7.89. The number of rotatable bonds is 2. The minimum absolute atomic E-state index is 0.183. The summed E-state index contributed by atoms with van der Waals surface area (Å²) in [5, 5.41) is 5.59. The molecule has 0 radical (unpaired) electrons. The molecule has 0 spiro atoms. The molecule has 0 saturated carbocycles. The molecule has 9 heteroatoms. The number of nitrogens with zero attached hydrogens (tertiary/aromatic N) is 1. The second-order valence-corrected chi connectivity index (χ2v) is 6.41. The molecule has 1 aromatic carbocycles. The fourth-order valence-electron chi connectivity index (χ4n) is 2.28. The van der Waals surface area contributed by atoms with Gasteiger partial charge in [-0.25, -0.2) is 18.5 Å². The Morgan fingerprint density at radius 1 is 1.13 bits per heavy atom. The fraction of sp³-hybridized carbons (Fsp3) is 0.0714.